The molecule has 0 radical (unpaired) electrons. The normalized spacial score (nSPS) is 24.4. The average molecular weight is 260 g/mol. The number of carbonyl (C=O) groups excluding carboxylic acids is 1. The highest BCUT2D eigenvalue weighted by molar-refractivity contribution is 5.67. The van der Waals surface area contributed by atoms with Gasteiger partial charge in [-0.15, -0.1) is 0 Å². The summed E-state index contributed by atoms with van der Waals surface area (Å²) in [5.74, 6) is 1.54. The molecule has 4 heteroatoms. The number of carbonyl (C=O) groups is 1. The van der Waals surface area contributed by atoms with E-state index in [-0.39, 0.29) is 24.1 Å². The predicted molar refractivity (Wildman–Crippen MR) is 68.9 cm³/mol. The Labute approximate surface area is 112 Å². The maximum Gasteiger partial charge on any atom is 0.307 e. The molecule has 1 heterocycles. The molecule has 1 aromatic carbocycles. The number of benzene rings is 1. The highest BCUT2D eigenvalue weighted by atomic mass is 16.7. The largest absolute Gasteiger partial charge is 0.454 e. The first-order valence-electron chi connectivity index (χ1n) is 6.27. The Balaban J connectivity index is 1.87. The number of hydrogen-bond acceptors (Lipinski definition) is 4. The van der Waals surface area contributed by atoms with Gasteiger partial charge in [0.15, 0.2) is 11.5 Å². The van der Waals surface area contributed by atoms with E-state index in [1.165, 1.54) is 6.92 Å². The smallest absolute Gasteiger partial charge is 0.307 e. The summed E-state index contributed by atoms with van der Waals surface area (Å²) in [6.45, 7) is 5.96. The Bertz CT molecular complexity index is 572. The van der Waals surface area contributed by atoms with E-state index in [9.17, 15) is 4.79 Å². The zero-order valence-electron chi connectivity index (χ0n) is 11.2. The lowest BCUT2D eigenvalue weighted by Gasteiger charge is -2.03. The van der Waals surface area contributed by atoms with Crippen molar-refractivity contribution in [2.45, 2.75) is 26.7 Å². The van der Waals surface area contributed by atoms with Crippen LogP contribution in [-0.2, 0) is 9.53 Å². The van der Waals surface area contributed by atoms with Gasteiger partial charge in [-0.2, -0.15) is 0 Å². The SMILES string of the molecule is CC(=O)O/C=C1\C(c2ccc3c(c2)OCO3)C1(C)C. The Morgan fingerprint density at radius 2 is 2.11 bits per heavy atom. The molecule has 1 aromatic rings. The molecule has 1 saturated carbocycles. The van der Waals surface area contributed by atoms with E-state index >= 15 is 0 Å². The van der Waals surface area contributed by atoms with Gasteiger partial charge in [0, 0.05) is 18.3 Å². The van der Waals surface area contributed by atoms with Crippen LogP contribution in [0.5, 0.6) is 11.5 Å². The summed E-state index contributed by atoms with van der Waals surface area (Å²) in [6.07, 6.45) is 1.58. The number of ether oxygens (including phenoxy) is 3. The van der Waals surface area contributed by atoms with Crippen LogP contribution in [0.2, 0.25) is 0 Å². The van der Waals surface area contributed by atoms with Crippen molar-refractivity contribution in [3.63, 3.8) is 0 Å². The van der Waals surface area contributed by atoms with Gasteiger partial charge in [-0.1, -0.05) is 19.9 Å². The van der Waals surface area contributed by atoms with Crippen LogP contribution in [0.4, 0.5) is 0 Å². The van der Waals surface area contributed by atoms with Gasteiger partial charge in [0.1, 0.15) is 0 Å². The van der Waals surface area contributed by atoms with Crippen molar-refractivity contribution in [1.82, 2.24) is 0 Å². The van der Waals surface area contributed by atoms with E-state index in [1.807, 2.05) is 18.2 Å². The first-order valence-corrected chi connectivity index (χ1v) is 6.27. The predicted octanol–water partition coefficient (Wildman–Crippen LogP) is 2.99. The van der Waals surface area contributed by atoms with Gasteiger partial charge in [-0.3, -0.25) is 4.79 Å². The average Bonchev–Trinajstić information content (AvgIpc) is 2.73. The topological polar surface area (TPSA) is 44.8 Å². The van der Waals surface area contributed by atoms with Crippen molar-refractivity contribution in [2.75, 3.05) is 6.79 Å². The van der Waals surface area contributed by atoms with Crippen LogP contribution in [0.3, 0.4) is 0 Å². The minimum absolute atomic E-state index is 0.0170. The standard InChI is InChI=1S/C15H16O4/c1-9(16)17-7-11-14(15(11,2)3)10-4-5-12-13(6-10)19-8-18-12/h4-7,14H,8H2,1-3H3/b11-7+. The van der Waals surface area contributed by atoms with Crippen LogP contribution in [0.1, 0.15) is 32.3 Å². The third kappa shape index (κ3) is 1.97. The van der Waals surface area contributed by atoms with E-state index < -0.39 is 0 Å². The molecule has 1 fully saturated rings. The number of esters is 1. The second-order valence-corrected chi connectivity index (χ2v) is 5.45. The zero-order chi connectivity index (χ0) is 13.6. The minimum atomic E-state index is -0.292. The van der Waals surface area contributed by atoms with Gasteiger partial charge >= 0.3 is 5.97 Å². The molecule has 3 rings (SSSR count). The van der Waals surface area contributed by atoms with E-state index in [0.29, 0.717) is 0 Å². The second-order valence-electron chi connectivity index (χ2n) is 5.45. The fourth-order valence-electron chi connectivity index (χ4n) is 2.64. The molecule has 19 heavy (non-hydrogen) atoms. The first kappa shape index (κ1) is 12.1. The maximum atomic E-state index is 10.9. The Morgan fingerprint density at radius 1 is 1.37 bits per heavy atom. The number of fused-ring (bicyclic) bond motifs is 1. The number of hydrogen-bond donors (Lipinski definition) is 0. The quantitative estimate of drug-likeness (QED) is 0.605. The van der Waals surface area contributed by atoms with Gasteiger partial charge < -0.3 is 14.2 Å². The Hall–Kier alpha value is -1.97. The van der Waals surface area contributed by atoms with Crippen molar-refractivity contribution >= 4 is 5.97 Å². The van der Waals surface area contributed by atoms with Gasteiger partial charge in [-0.05, 0) is 23.3 Å². The van der Waals surface area contributed by atoms with Crippen LogP contribution in [0.25, 0.3) is 0 Å². The lowest BCUT2D eigenvalue weighted by atomic mass is 10.0. The fraction of sp³-hybridized carbons (Fsp3) is 0.400. The van der Waals surface area contributed by atoms with Crippen molar-refractivity contribution in [3.05, 3.63) is 35.6 Å². The van der Waals surface area contributed by atoms with Gasteiger partial charge in [0.2, 0.25) is 6.79 Å². The summed E-state index contributed by atoms with van der Waals surface area (Å²) >= 11 is 0. The Kier molecular flexibility index (Phi) is 2.55. The van der Waals surface area contributed by atoms with E-state index in [2.05, 4.69) is 13.8 Å². The zero-order valence-corrected chi connectivity index (χ0v) is 11.2. The van der Waals surface area contributed by atoms with E-state index in [0.717, 1.165) is 22.6 Å². The molecule has 0 amide bonds. The third-order valence-electron chi connectivity index (χ3n) is 3.78. The number of rotatable bonds is 2. The van der Waals surface area contributed by atoms with E-state index in [1.54, 1.807) is 6.26 Å². The summed E-state index contributed by atoms with van der Waals surface area (Å²) in [7, 11) is 0. The molecule has 0 saturated heterocycles. The van der Waals surface area contributed by atoms with Gasteiger partial charge in [0.05, 0.1) is 6.26 Å². The molecule has 1 aliphatic carbocycles. The highest BCUT2D eigenvalue weighted by Crippen LogP contribution is 2.64. The summed E-state index contributed by atoms with van der Waals surface area (Å²) < 4.78 is 15.7. The summed E-state index contributed by atoms with van der Waals surface area (Å²) in [5.41, 5.74) is 2.30. The molecular formula is C15H16O4. The van der Waals surface area contributed by atoms with Crippen molar-refractivity contribution in [3.8, 4) is 11.5 Å². The van der Waals surface area contributed by atoms with Crippen molar-refractivity contribution < 1.29 is 19.0 Å². The highest BCUT2D eigenvalue weighted by Gasteiger charge is 2.53. The third-order valence-corrected chi connectivity index (χ3v) is 3.78. The van der Waals surface area contributed by atoms with E-state index in [4.69, 9.17) is 14.2 Å². The first-order chi connectivity index (χ1) is 9.00. The van der Waals surface area contributed by atoms with Crippen LogP contribution in [0.15, 0.2) is 30.0 Å². The summed E-state index contributed by atoms with van der Waals surface area (Å²) in [6, 6.07) is 5.97. The molecule has 0 N–H and O–H groups in total. The van der Waals surface area contributed by atoms with Crippen LogP contribution >= 0.6 is 0 Å². The summed E-state index contributed by atoms with van der Waals surface area (Å²) in [5, 5.41) is 0. The molecule has 0 spiro atoms. The lowest BCUT2D eigenvalue weighted by Crippen LogP contribution is -1.93. The minimum Gasteiger partial charge on any atom is -0.454 e. The van der Waals surface area contributed by atoms with Gasteiger partial charge in [-0.25, -0.2) is 0 Å². The number of allylic oxidation sites excluding steroid dienone is 1. The molecular weight excluding hydrogens is 244 g/mol. The fourth-order valence-corrected chi connectivity index (χ4v) is 2.64. The monoisotopic (exact) mass is 260 g/mol. The Morgan fingerprint density at radius 3 is 2.84 bits per heavy atom. The van der Waals surface area contributed by atoms with Crippen LogP contribution < -0.4 is 9.47 Å². The molecule has 2 aliphatic rings. The van der Waals surface area contributed by atoms with Crippen molar-refractivity contribution in [1.29, 1.82) is 0 Å². The van der Waals surface area contributed by atoms with Crippen LogP contribution in [-0.4, -0.2) is 12.8 Å². The second kappa shape index (κ2) is 4.02. The van der Waals surface area contributed by atoms with Gasteiger partial charge in [0.25, 0.3) is 0 Å². The summed E-state index contributed by atoms with van der Waals surface area (Å²) in [4.78, 5) is 10.9. The molecule has 0 bridgehead atoms. The molecule has 100 valence electrons. The molecule has 1 aliphatic heterocycles. The molecule has 4 nitrogen and oxygen atoms in total. The molecule has 1 atom stereocenters. The molecule has 0 aromatic heterocycles. The van der Waals surface area contributed by atoms with Crippen LogP contribution in [0, 0.1) is 5.41 Å². The lowest BCUT2D eigenvalue weighted by molar-refractivity contribution is -0.135. The maximum absolute atomic E-state index is 10.9. The van der Waals surface area contributed by atoms with Crippen molar-refractivity contribution in [2.24, 2.45) is 5.41 Å². The molecule has 1 unspecified atom stereocenters.